The number of amides is 4. The Bertz CT molecular complexity index is 688. The Hall–Kier alpha value is -2.16. The maximum atomic E-state index is 13.0. The first-order valence-electron chi connectivity index (χ1n) is 12.1. The van der Waals surface area contributed by atoms with Crippen LogP contribution in [0.3, 0.4) is 0 Å². The fraction of sp³-hybridized carbons (Fsp3) is 0.833. The number of aliphatic hydroxyl groups is 1. The summed E-state index contributed by atoms with van der Waals surface area (Å²) in [7, 11) is 0. The molecule has 0 aromatic carbocycles. The number of primary amides is 2. The summed E-state index contributed by atoms with van der Waals surface area (Å²) in [6.07, 6.45) is 2.13. The molecular weight excluding hydrogens is 424 g/mol. The molecule has 0 aliphatic heterocycles. The number of nitrogens with two attached hydrogens (primary N) is 2. The van der Waals surface area contributed by atoms with Gasteiger partial charge in [0.25, 0.3) is 0 Å². The van der Waals surface area contributed by atoms with Crippen LogP contribution in [0.2, 0.25) is 0 Å². The van der Waals surface area contributed by atoms with Crippen molar-refractivity contribution in [2.45, 2.75) is 91.2 Å². The molecule has 4 atom stereocenters. The van der Waals surface area contributed by atoms with Crippen molar-refractivity contribution in [3.05, 3.63) is 0 Å². The second-order valence-corrected chi connectivity index (χ2v) is 10.6. The van der Waals surface area contributed by atoms with Gasteiger partial charge >= 0.3 is 0 Å². The van der Waals surface area contributed by atoms with Crippen molar-refractivity contribution in [3.8, 4) is 0 Å². The van der Waals surface area contributed by atoms with E-state index in [1.807, 2.05) is 27.7 Å². The molecule has 0 heterocycles. The van der Waals surface area contributed by atoms with Crippen molar-refractivity contribution in [3.63, 3.8) is 0 Å². The molecule has 1 unspecified atom stereocenters. The van der Waals surface area contributed by atoms with E-state index in [1.54, 1.807) is 6.92 Å². The van der Waals surface area contributed by atoms with Crippen LogP contribution in [0.1, 0.15) is 79.6 Å². The highest BCUT2D eigenvalue weighted by atomic mass is 16.3. The monoisotopic (exact) mass is 468 g/mol. The second-order valence-electron chi connectivity index (χ2n) is 10.6. The molecule has 1 aliphatic carbocycles. The van der Waals surface area contributed by atoms with Gasteiger partial charge in [0.15, 0.2) is 0 Å². The first-order chi connectivity index (χ1) is 15.3. The first-order valence-corrected chi connectivity index (χ1v) is 12.1. The molecule has 1 rings (SSSR count). The third-order valence-electron chi connectivity index (χ3n) is 6.51. The van der Waals surface area contributed by atoms with Crippen LogP contribution < -0.4 is 22.1 Å². The van der Waals surface area contributed by atoms with Gasteiger partial charge in [0.1, 0.15) is 5.54 Å². The molecule has 1 saturated carbocycles. The van der Waals surface area contributed by atoms with Gasteiger partial charge in [-0.1, -0.05) is 47.5 Å². The molecule has 1 aliphatic rings. The van der Waals surface area contributed by atoms with Crippen molar-refractivity contribution in [1.29, 1.82) is 0 Å². The largest absolute Gasteiger partial charge is 0.393 e. The molecule has 190 valence electrons. The summed E-state index contributed by atoms with van der Waals surface area (Å²) in [5.41, 5.74) is 9.89. The van der Waals surface area contributed by atoms with Crippen LogP contribution in [0.15, 0.2) is 0 Å². The molecule has 1 fully saturated rings. The van der Waals surface area contributed by atoms with E-state index in [-0.39, 0.29) is 30.6 Å². The lowest BCUT2D eigenvalue weighted by molar-refractivity contribution is -0.136. The van der Waals surface area contributed by atoms with Gasteiger partial charge in [-0.2, -0.15) is 0 Å². The van der Waals surface area contributed by atoms with Crippen LogP contribution in [0, 0.1) is 29.6 Å². The van der Waals surface area contributed by atoms with Gasteiger partial charge < -0.3 is 27.2 Å². The van der Waals surface area contributed by atoms with E-state index in [1.165, 1.54) is 0 Å². The van der Waals surface area contributed by atoms with Crippen LogP contribution in [-0.2, 0) is 19.2 Å². The van der Waals surface area contributed by atoms with E-state index in [9.17, 15) is 24.3 Å². The smallest absolute Gasteiger partial charge is 0.245 e. The van der Waals surface area contributed by atoms with Gasteiger partial charge in [-0.3, -0.25) is 19.2 Å². The average Bonchev–Trinajstić information content (AvgIpc) is 3.17. The number of hydrogen-bond acceptors (Lipinski definition) is 5. The Balaban J connectivity index is 2.92. The van der Waals surface area contributed by atoms with Gasteiger partial charge in [-0.25, -0.2) is 0 Å². The first kappa shape index (κ1) is 28.9. The number of aliphatic hydroxyl groups excluding tert-OH is 1. The van der Waals surface area contributed by atoms with Crippen molar-refractivity contribution >= 4 is 23.6 Å². The van der Waals surface area contributed by atoms with Crippen molar-refractivity contribution < 1.29 is 24.3 Å². The topological polar surface area (TPSA) is 165 Å². The predicted molar refractivity (Wildman–Crippen MR) is 126 cm³/mol. The lowest BCUT2D eigenvalue weighted by atomic mass is 9.77. The third-order valence-corrected chi connectivity index (χ3v) is 6.51. The zero-order valence-electron chi connectivity index (χ0n) is 20.9. The van der Waals surface area contributed by atoms with E-state index in [0.29, 0.717) is 31.7 Å². The van der Waals surface area contributed by atoms with Gasteiger partial charge in [0.2, 0.25) is 23.6 Å². The quantitative estimate of drug-likeness (QED) is 0.258. The second kappa shape index (κ2) is 12.9. The normalized spacial score (nSPS) is 19.0. The molecule has 0 radical (unpaired) electrons. The number of carbonyl (C=O) groups excluding carboxylic acids is 4. The summed E-state index contributed by atoms with van der Waals surface area (Å²) < 4.78 is 0. The van der Waals surface area contributed by atoms with Crippen LogP contribution in [0.5, 0.6) is 0 Å². The highest BCUT2D eigenvalue weighted by molar-refractivity contribution is 5.92. The Morgan fingerprint density at radius 2 is 1.52 bits per heavy atom. The van der Waals surface area contributed by atoms with Crippen LogP contribution in [0.4, 0.5) is 0 Å². The molecule has 9 heteroatoms. The zero-order valence-corrected chi connectivity index (χ0v) is 20.9. The molecule has 33 heavy (non-hydrogen) atoms. The lowest BCUT2D eigenvalue weighted by Crippen LogP contribution is -2.58. The fourth-order valence-electron chi connectivity index (χ4n) is 4.67. The maximum Gasteiger partial charge on any atom is 0.245 e. The molecule has 0 bridgehead atoms. The van der Waals surface area contributed by atoms with Gasteiger partial charge in [0.05, 0.1) is 12.0 Å². The lowest BCUT2D eigenvalue weighted by Gasteiger charge is -2.33. The minimum absolute atomic E-state index is 0.0788. The predicted octanol–water partition coefficient (Wildman–Crippen LogP) is 1.21. The number of carbonyl (C=O) groups is 4. The average molecular weight is 469 g/mol. The molecule has 0 spiro atoms. The SMILES string of the molecule is CC(C)CNC(=O)C1(NC(=O)[C@H](C)C[C@H](O)[C@@H](CC(C)C)C(CC(N)=O)C(N)=O)CCCC1. The van der Waals surface area contributed by atoms with Crippen LogP contribution in [0.25, 0.3) is 0 Å². The Morgan fingerprint density at radius 3 is 1.97 bits per heavy atom. The Kier molecular flexibility index (Phi) is 11.3. The summed E-state index contributed by atoms with van der Waals surface area (Å²) in [5.74, 6) is -3.51. The van der Waals surface area contributed by atoms with Crippen LogP contribution in [-0.4, -0.2) is 46.9 Å². The van der Waals surface area contributed by atoms with E-state index >= 15 is 0 Å². The van der Waals surface area contributed by atoms with Gasteiger partial charge in [-0.15, -0.1) is 0 Å². The Morgan fingerprint density at radius 1 is 0.939 bits per heavy atom. The summed E-state index contributed by atoms with van der Waals surface area (Å²) in [6, 6.07) is 0. The fourth-order valence-corrected chi connectivity index (χ4v) is 4.67. The minimum Gasteiger partial charge on any atom is -0.393 e. The highest BCUT2D eigenvalue weighted by Gasteiger charge is 2.43. The number of nitrogens with one attached hydrogen (secondary N) is 2. The molecule has 0 saturated heterocycles. The third kappa shape index (κ3) is 8.95. The molecule has 0 aromatic rings. The molecular formula is C24H44N4O5. The van der Waals surface area contributed by atoms with E-state index < -0.39 is 41.2 Å². The van der Waals surface area contributed by atoms with E-state index in [0.717, 1.165) is 12.8 Å². The van der Waals surface area contributed by atoms with Gasteiger partial charge in [-0.05, 0) is 43.4 Å². The highest BCUT2D eigenvalue weighted by Crippen LogP contribution is 2.32. The van der Waals surface area contributed by atoms with Crippen molar-refractivity contribution in [2.24, 2.45) is 41.1 Å². The molecule has 7 N–H and O–H groups in total. The van der Waals surface area contributed by atoms with Crippen LogP contribution >= 0.6 is 0 Å². The van der Waals surface area contributed by atoms with E-state index in [2.05, 4.69) is 10.6 Å². The summed E-state index contributed by atoms with van der Waals surface area (Å²) in [6.45, 7) is 10.1. The standard InChI is InChI=1S/C24H44N4O5/c1-14(2)10-17(18(21(26)31)12-20(25)30)19(29)11-16(5)22(32)28-24(8-6-7-9-24)23(33)27-13-15(3)4/h14-19,29H,6-13H2,1-5H3,(H2,25,30)(H2,26,31)(H,27,33)(H,28,32)/t16-,17+,18?,19+/m1/s1. The van der Waals surface area contributed by atoms with Crippen molar-refractivity contribution in [1.82, 2.24) is 10.6 Å². The minimum atomic E-state index is -1.03. The number of hydrogen-bond donors (Lipinski definition) is 5. The van der Waals surface area contributed by atoms with E-state index in [4.69, 9.17) is 11.5 Å². The summed E-state index contributed by atoms with van der Waals surface area (Å²) in [5, 5.41) is 16.9. The van der Waals surface area contributed by atoms with Crippen molar-refractivity contribution in [2.75, 3.05) is 6.54 Å². The Labute approximate surface area is 197 Å². The molecule has 0 aromatic heterocycles. The summed E-state index contributed by atoms with van der Waals surface area (Å²) >= 11 is 0. The molecule has 9 nitrogen and oxygen atoms in total. The van der Waals surface area contributed by atoms with Gasteiger partial charge in [0, 0.05) is 18.9 Å². The number of rotatable bonds is 14. The summed E-state index contributed by atoms with van der Waals surface area (Å²) in [4.78, 5) is 49.4. The molecule has 4 amide bonds. The maximum absolute atomic E-state index is 13.0. The zero-order chi connectivity index (χ0) is 25.3.